The predicted octanol–water partition coefficient (Wildman–Crippen LogP) is 0.0693. The topological polar surface area (TPSA) is 77.8 Å². The van der Waals surface area contributed by atoms with Crippen LogP contribution in [0.3, 0.4) is 0 Å². The summed E-state index contributed by atoms with van der Waals surface area (Å²) in [6.45, 7) is 1.30. The lowest BCUT2D eigenvalue weighted by Gasteiger charge is -2.16. The Morgan fingerprint density at radius 1 is 1.40 bits per heavy atom. The van der Waals surface area contributed by atoms with Crippen molar-refractivity contribution in [2.75, 3.05) is 7.05 Å². The summed E-state index contributed by atoms with van der Waals surface area (Å²) < 4.78 is 0. The van der Waals surface area contributed by atoms with Crippen molar-refractivity contribution < 1.29 is 19.8 Å². The Balaban J connectivity index is 4.07. The third-order valence-electron chi connectivity index (χ3n) is 1.24. The fourth-order valence-corrected chi connectivity index (χ4v) is 0.331. The zero-order valence-corrected chi connectivity index (χ0v) is 5.74. The zero-order chi connectivity index (χ0) is 8.31. The van der Waals surface area contributed by atoms with E-state index in [1.165, 1.54) is 14.0 Å². The van der Waals surface area contributed by atoms with E-state index in [2.05, 4.69) is 0 Å². The van der Waals surface area contributed by atoms with E-state index in [4.69, 9.17) is 10.2 Å². The molecule has 0 unspecified atom stereocenters. The minimum absolute atomic E-state index is 0.725. The molecule has 0 saturated carbocycles. The largest absolute Gasteiger partial charge is 0.480 e. The maximum Gasteiger partial charge on any atom is 0.407 e. The van der Waals surface area contributed by atoms with E-state index in [-0.39, 0.29) is 0 Å². The van der Waals surface area contributed by atoms with Gasteiger partial charge in [0.1, 0.15) is 6.04 Å². The third-order valence-corrected chi connectivity index (χ3v) is 1.24. The van der Waals surface area contributed by atoms with Gasteiger partial charge in [-0.25, -0.2) is 9.59 Å². The van der Waals surface area contributed by atoms with Gasteiger partial charge >= 0.3 is 12.1 Å². The van der Waals surface area contributed by atoms with Crippen molar-refractivity contribution in [1.82, 2.24) is 4.90 Å². The van der Waals surface area contributed by atoms with Crippen molar-refractivity contribution in [3.8, 4) is 0 Å². The molecule has 0 aromatic rings. The predicted molar refractivity (Wildman–Crippen MR) is 32.9 cm³/mol. The lowest BCUT2D eigenvalue weighted by Crippen LogP contribution is -2.39. The Labute approximate surface area is 57.9 Å². The third kappa shape index (κ3) is 1.93. The second-order valence-corrected chi connectivity index (χ2v) is 1.91. The Bertz CT molecular complexity index is 138. The fraction of sp³-hybridized carbons (Fsp3) is 0.600. The first-order valence-electron chi connectivity index (χ1n) is 2.65. The molecule has 0 aromatic heterocycles. The van der Waals surface area contributed by atoms with E-state index in [0.29, 0.717) is 0 Å². The molecule has 0 aliphatic carbocycles. The zero-order valence-electron chi connectivity index (χ0n) is 5.74. The number of hydrogen-bond donors (Lipinski definition) is 2. The molecule has 0 aliphatic heterocycles. The van der Waals surface area contributed by atoms with Gasteiger partial charge in [-0.3, -0.25) is 4.90 Å². The second-order valence-electron chi connectivity index (χ2n) is 1.91. The molecule has 58 valence electrons. The molecule has 0 aliphatic rings. The normalized spacial score (nSPS) is 12.2. The lowest BCUT2D eigenvalue weighted by molar-refractivity contribution is -0.141. The van der Waals surface area contributed by atoms with Crippen LogP contribution in [-0.2, 0) is 4.79 Å². The standard InChI is InChI=1S/C5H9NO4/c1-3(4(7)8)6(2)5(9)10/h3H,1-2H3,(H,7,8)(H,9,10)/t3-/m1/s1. The second kappa shape index (κ2) is 3.05. The fourth-order valence-electron chi connectivity index (χ4n) is 0.331. The van der Waals surface area contributed by atoms with E-state index in [0.717, 1.165) is 4.90 Å². The minimum Gasteiger partial charge on any atom is -0.480 e. The molecular weight excluding hydrogens is 138 g/mol. The maximum absolute atomic E-state index is 10.1. The molecule has 0 rings (SSSR count). The molecule has 0 aromatic carbocycles. The molecule has 0 bridgehead atoms. The summed E-state index contributed by atoms with van der Waals surface area (Å²) in [7, 11) is 1.21. The SMILES string of the molecule is C[C@H](C(=O)O)N(C)C(=O)O. The number of likely N-dealkylation sites (N-methyl/N-ethyl adjacent to an activating group) is 1. The van der Waals surface area contributed by atoms with Gasteiger partial charge in [-0.1, -0.05) is 0 Å². The average molecular weight is 147 g/mol. The Hall–Kier alpha value is -1.26. The van der Waals surface area contributed by atoms with Gasteiger partial charge in [0.05, 0.1) is 0 Å². The molecule has 5 heteroatoms. The van der Waals surface area contributed by atoms with Crippen LogP contribution in [0.4, 0.5) is 4.79 Å². The molecular formula is C5H9NO4. The lowest BCUT2D eigenvalue weighted by atomic mass is 10.3. The number of rotatable bonds is 2. The summed E-state index contributed by atoms with van der Waals surface area (Å²) in [6.07, 6.45) is -1.24. The van der Waals surface area contributed by atoms with E-state index >= 15 is 0 Å². The Kier molecular flexibility index (Phi) is 2.66. The summed E-state index contributed by atoms with van der Waals surface area (Å²) in [6, 6.07) is -0.988. The monoisotopic (exact) mass is 147 g/mol. The van der Waals surface area contributed by atoms with Gasteiger partial charge in [-0.15, -0.1) is 0 Å². The van der Waals surface area contributed by atoms with Crippen molar-refractivity contribution in [2.45, 2.75) is 13.0 Å². The minimum atomic E-state index is -1.24. The molecule has 1 amide bonds. The quantitative estimate of drug-likeness (QED) is 0.579. The van der Waals surface area contributed by atoms with Gasteiger partial charge in [0.15, 0.2) is 0 Å². The van der Waals surface area contributed by atoms with Crippen LogP contribution in [0.15, 0.2) is 0 Å². The van der Waals surface area contributed by atoms with E-state index in [1.807, 2.05) is 0 Å². The first-order valence-corrected chi connectivity index (χ1v) is 2.65. The summed E-state index contributed by atoms with van der Waals surface area (Å²) in [5.74, 6) is -1.15. The van der Waals surface area contributed by atoms with Crippen molar-refractivity contribution in [1.29, 1.82) is 0 Å². The number of carbonyl (C=O) groups is 2. The van der Waals surface area contributed by atoms with E-state index < -0.39 is 18.1 Å². The molecule has 0 fully saturated rings. The number of carboxylic acid groups (broad SMARTS) is 2. The summed E-state index contributed by atoms with van der Waals surface area (Å²) >= 11 is 0. The van der Waals surface area contributed by atoms with Gasteiger partial charge in [0.25, 0.3) is 0 Å². The number of hydrogen-bond acceptors (Lipinski definition) is 2. The Morgan fingerprint density at radius 3 is 1.90 bits per heavy atom. The first-order chi connectivity index (χ1) is 4.46. The van der Waals surface area contributed by atoms with Gasteiger partial charge < -0.3 is 10.2 Å². The van der Waals surface area contributed by atoms with Crippen LogP contribution in [-0.4, -0.2) is 40.3 Å². The molecule has 0 saturated heterocycles. The Morgan fingerprint density at radius 2 is 1.80 bits per heavy atom. The smallest absolute Gasteiger partial charge is 0.407 e. The van der Waals surface area contributed by atoms with Crippen LogP contribution in [0.5, 0.6) is 0 Å². The number of amides is 1. The summed E-state index contributed by atoms with van der Waals surface area (Å²) in [4.78, 5) is 21.0. The highest BCUT2D eigenvalue weighted by molar-refractivity contribution is 5.78. The van der Waals surface area contributed by atoms with Crippen LogP contribution in [0.1, 0.15) is 6.92 Å². The number of carboxylic acids is 1. The molecule has 0 radical (unpaired) electrons. The molecule has 0 spiro atoms. The number of aliphatic carboxylic acids is 1. The highest BCUT2D eigenvalue weighted by Gasteiger charge is 2.20. The van der Waals surface area contributed by atoms with E-state index in [1.54, 1.807) is 0 Å². The molecule has 2 N–H and O–H groups in total. The number of nitrogens with zero attached hydrogens (tertiary/aromatic N) is 1. The van der Waals surface area contributed by atoms with Gasteiger partial charge in [-0.05, 0) is 6.92 Å². The van der Waals surface area contributed by atoms with Crippen LogP contribution in [0, 0.1) is 0 Å². The van der Waals surface area contributed by atoms with E-state index in [9.17, 15) is 9.59 Å². The van der Waals surface area contributed by atoms with Gasteiger partial charge in [-0.2, -0.15) is 0 Å². The van der Waals surface area contributed by atoms with Crippen LogP contribution >= 0.6 is 0 Å². The van der Waals surface area contributed by atoms with Crippen molar-refractivity contribution in [3.05, 3.63) is 0 Å². The summed E-state index contributed by atoms with van der Waals surface area (Å²) in [5.41, 5.74) is 0. The molecule has 5 nitrogen and oxygen atoms in total. The van der Waals surface area contributed by atoms with Crippen LogP contribution in [0.25, 0.3) is 0 Å². The molecule has 1 atom stereocenters. The molecule has 10 heavy (non-hydrogen) atoms. The molecule has 0 heterocycles. The highest BCUT2D eigenvalue weighted by atomic mass is 16.4. The van der Waals surface area contributed by atoms with Crippen molar-refractivity contribution in [2.24, 2.45) is 0 Å². The van der Waals surface area contributed by atoms with Crippen LogP contribution in [0.2, 0.25) is 0 Å². The van der Waals surface area contributed by atoms with Gasteiger partial charge in [0, 0.05) is 7.05 Å². The average Bonchev–Trinajstić information content (AvgIpc) is 1.84. The van der Waals surface area contributed by atoms with Gasteiger partial charge in [0.2, 0.25) is 0 Å². The van der Waals surface area contributed by atoms with Crippen molar-refractivity contribution in [3.63, 3.8) is 0 Å². The van der Waals surface area contributed by atoms with Crippen molar-refractivity contribution >= 4 is 12.1 Å². The first kappa shape index (κ1) is 8.74. The highest BCUT2D eigenvalue weighted by Crippen LogP contribution is 1.94. The van der Waals surface area contributed by atoms with Crippen LogP contribution < -0.4 is 0 Å². The summed E-state index contributed by atoms with van der Waals surface area (Å²) in [5, 5.41) is 16.6. The maximum atomic E-state index is 10.1.